The number of nitrogens with one attached hydrogen (secondary N) is 1. The molecule has 1 N–H and O–H groups in total. The topological polar surface area (TPSA) is 58.6 Å². The van der Waals surface area contributed by atoms with Gasteiger partial charge in [-0.15, -0.1) is 0 Å². The molecule has 0 unspecified atom stereocenters. The maximum absolute atomic E-state index is 10.4. The molecule has 96 valence electrons. The fraction of sp³-hybridized carbons (Fsp3) is 0.0625. The van der Waals surface area contributed by atoms with Crippen molar-refractivity contribution in [2.75, 3.05) is 0 Å². The lowest BCUT2D eigenvalue weighted by atomic mass is 10.2. The van der Waals surface area contributed by atoms with Gasteiger partial charge < -0.3 is 9.78 Å². The van der Waals surface area contributed by atoms with E-state index < -0.39 is 0 Å². The summed E-state index contributed by atoms with van der Waals surface area (Å²) in [6.45, 7) is 0. The van der Waals surface area contributed by atoms with E-state index in [-0.39, 0.29) is 0 Å². The van der Waals surface area contributed by atoms with Gasteiger partial charge in [-0.3, -0.25) is 0 Å². The highest BCUT2D eigenvalue weighted by molar-refractivity contribution is 5.82. The van der Waals surface area contributed by atoms with E-state index in [1.54, 1.807) is 12.4 Å². The highest BCUT2D eigenvalue weighted by atomic mass is 16.1. The number of pyridine rings is 2. The van der Waals surface area contributed by atoms with Crippen molar-refractivity contribution >= 4 is 17.3 Å². The number of aromatic nitrogens is 3. The average Bonchev–Trinajstić information content (AvgIpc) is 2.96. The van der Waals surface area contributed by atoms with E-state index in [0.29, 0.717) is 12.1 Å². The molecule has 3 aromatic rings. The van der Waals surface area contributed by atoms with Crippen LogP contribution in [-0.4, -0.2) is 21.2 Å². The van der Waals surface area contributed by atoms with Gasteiger partial charge in [0.25, 0.3) is 0 Å². The van der Waals surface area contributed by atoms with Gasteiger partial charge >= 0.3 is 0 Å². The summed E-state index contributed by atoms with van der Waals surface area (Å²) in [6.07, 6.45) is 6.49. The zero-order valence-corrected chi connectivity index (χ0v) is 10.6. The molecule has 0 saturated heterocycles. The molecule has 0 spiro atoms. The van der Waals surface area contributed by atoms with E-state index in [4.69, 9.17) is 0 Å². The van der Waals surface area contributed by atoms with Gasteiger partial charge in [-0.2, -0.15) is 0 Å². The molecule has 0 aliphatic carbocycles. The first-order valence-electron chi connectivity index (χ1n) is 6.19. The Balaban J connectivity index is 1.91. The number of nitrogens with zero attached hydrogens (tertiary/aromatic N) is 2. The van der Waals surface area contributed by atoms with Crippen LogP contribution in [0.15, 0.2) is 42.9 Å². The second-order valence-electron chi connectivity index (χ2n) is 4.27. The quantitative estimate of drug-likeness (QED) is 0.567. The number of rotatable bonds is 2. The Bertz CT molecular complexity index is 807. The van der Waals surface area contributed by atoms with Gasteiger partial charge in [-0.25, -0.2) is 9.97 Å². The minimum Gasteiger partial charge on any atom is -0.346 e. The zero-order valence-electron chi connectivity index (χ0n) is 10.6. The molecule has 20 heavy (non-hydrogen) atoms. The van der Waals surface area contributed by atoms with Gasteiger partial charge in [0, 0.05) is 36.0 Å². The molecule has 3 aromatic heterocycles. The van der Waals surface area contributed by atoms with Gasteiger partial charge in [0.2, 0.25) is 0 Å². The number of fused-ring (bicyclic) bond motifs is 1. The Hall–Kier alpha value is -2.93. The largest absolute Gasteiger partial charge is 0.346 e. The number of carbonyl (C=O) groups is 1. The van der Waals surface area contributed by atoms with Gasteiger partial charge in [-0.05, 0) is 29.7 Å². The zero-order chi connectivity index (χ0) is 13.8. The lowest BCUT2D eigenvalue weighted by Gasteiger charge is -1.95. The van der Waals surface area contributed by atoms with Crippen LogP contribution in [0, 0.1) is 11.8 Å². The molecule has 4 nitrogen and oxygen atoms in total. The molecule has 0 bridgehead atoms. The van der Waals surface area contributed by atoms with Crippen molar-refractivity contribution in [2.45, 2.75) is 6.42 Å². The number of aromatic amines is 1. The molecule has 0 amide bonds. The maximum atomic E-state index is 10.4. The van der Waals surface area contributed by atoms with Gasteiger partial charge in [0.1, 0.15) is 17.6 Å². The summed E-state index contributed by atoms with van der Waals surface area (Å²) in [4.78, 5) is 21.9. The van der Waals surface area contributed by atoms with Crippen molar-refractivity contribution in [1.82, 2.24) is 15.0 Å². The molecule has 0 fully saturated rings. The van der Waals surface area contributed by atoms with Crippen LogP contribution in [0.2, 0.25) is 0 Å². The summed E-state index contributed by atoms with van der Waals surface area (Å²) in [6, 6.07) is 7.52. The number of hydrogen-bond donors (Lipinski definition) is 1. The molecule has 0 atom stereocenters. The Kier molecular flexibility index (Phi) is 3.25. The second kappa shape index (κ2) is 5.37. The smallest absolute Gasteiger partial charge is 0.138 e. The first kappa shape index (κ1) is 12.1. The van der Waals surface area contributed by atoms with Crippen molar-refractivity contribution < 1.29 is 4.79 Å². The predicted molar refractivity (Wildman–Crippen MR) is 76.1 cm³/mol. The third-order valence-corrected chi connectivity index (χ3v) is 2.93. The number of hydrogen-bond acceptors (Lipinski definition) is 3. The van der Waals surface area contributed by atoms with E-state index in [1.165, 1.54) is 0 Å². The van der Waals surface area contributed by atoms with E-state index in [2.05, 4.69) is 26.8 Å². The van der Waals surface area contributed by atoms with E-state index >= 15 is 0 Å². The number of H-pyrrole nitrogens is 1. The molecule has 3 rings (SSSR count). The summed E-state index contributed by atoms with van der Waals surface area (Å²) >= 11 is 0. The van der Waals surface area contributed by atoms with Crippen LogP contribution in [0.3, 0.4) is 0 Å². The van der Waals surface area contributed by atoms with Crippen LogP contribution in [0.1, 0.15) is 16.8 Å². The van der Waals surface area contributed by atoms with Gasteiger partial charge in [0.05, 0.1) is 0 Å². The van der Waals surface area contributed by atoms with Crippen LogP contribution in [0.5, 0.6) is 0 Å². The molecule has 0 saturated carbocycles. The third-order valence-electron chi connectivity index (χ3n) is 2.93. The molecular formula is C16H11N3O. The van der Waals surface area contributed by atoms with Crippen molar-refractivity contribution in [3.05, 3.63) is 59.7 Å². The summed E-state index contributed by atoms with van der Waals surface area (Å²) in [5.41, 5.74) is 3.31. The molecule has 4 heteroatoms. The fourth-order valence-electron chi connectivity index (χ4n) is 1.92. The summed E-state index contributed by atoms with van der Waals surface area (Å²) < 4.78 is 0. The lowest BCUT2D eigenvalue weighted by Crippen LogP contribution is -1.89. The van der Waals surface area contributed by atoms with Crippen molar-refractivity contribution in [3.8, 4) is 11.8 Å². The number of aldehydes is 1. The van der Waals surface area contributed by atoms with E-state index in [1.807, 2.05) is 30.5 Å². The summed E-state index contributed by atoms with van der Waals surface area (Å²) in [5, 5.41) is 0.998. The monoisotopic (exact) mass is 261 g/mol. The summed E-state index contributed by atoms with van der Waals surface area (Å²) in [5.74, 6) is 6.12. The fourth-order valence-corrected chi connectivity index (χ4v) is 1.92. The molecule has 0 aromatic carbocycles. The summed E-state index contributed by atoms with van der Waals surface area (Å²) in [7, 11) is 0. The Morgan fingerprint density at radius 1 is 1.15 bits per heavy atom. The molecule has 3 heterocycles. The van der Waals surface area contributed by atoms with Crippen LogP contribution in [0.25, 0.3) is 11.0 Å². The molecule has 0 aliphatic heterocycles. The van der Waals surface area contributed by atoms with Gasteiger partial charge in [0.15, 0.2) is 0 Å². The molecular weight excluding hydrogens is 250 g/mol. The van der Waals surface area contributed by atoms with Crippen molar-refractivity contribution in [2.24, 2.45) is 0 Å². The molecule has 0 aliphatic rings. The average molecular weight is 261 g/mol. The SMILES string of the molecule is O=CCc1ccc(C#Cc2ccnc3[nH]ccc23)nc1. The lowest BCUT2D eigenvalue weighted by molar-refractivity contribution is -0.107. The second-order valence-corrected chi connectivity index (χ2v) is 4.27. The Morgan fingerprint density at radius 3 is 2.90 bits per heavy atom. The van der Waals surface area contributed by atoms with Crippen molar-refractivity contribution in [3.63, 3.8) is 0 Å². The van der Waals surface area contributed by atoms with Crippen molar-refractivity contribution in [1.29, 1.82) is 0 Å². The Labute approximate surface area is 115 Å². The standard InChI is InChI=1S/C16H11N3O/c20-10-7-12-1-3-14(19-11-12)4-2-13-5-8-17-16-15(13)6-9-18-16/h1,3,5-6,8-11H,7H2,(H,17,18). The van der Waals surface area contributed by atoms with Crippen LogP contribution < -0.4 is 0 Å². The number of carbonyl (C=O) groups excluding carboxylic acids is 1. The van der Waals surface area contributed by atoms with E-state index in [0.717, 1.165) is 28.4 Å². The van der Waals surface area contributed by atoms with Crippen LogP contribution in [-0.2, 0) is 11.2 Å². The minimum atomic E-state index is 0.384. The van der Waals surface area contributed by atoms with Gasteiger partial charge in [-0.1, -0.05) is 12.0 Å². The molecule has 0 radical (unpaired) electrons. The first-order valence-corrected chi connectivity index (χ1v) is 6.19. The normalized spacial score (nSPS) is 10.0. The highest BCUT2D eigenvalue weighted by Crippen LogP contribution is 2.13. The predicted octanol–water partition coefficient (Wildman–Crippen LogP) is 2.10. The Morgan fingerprint density at radius 2 is 2.10 bits per heavy atom. The minimum absolute atomic E-state index is 0.384. The first-order chi connectivity index (χ1) is 9.86. The van der Waals surface area contributed by atoms with Crippen LogP contribution >= 0.6 is 0 Å². The third kappa shape index (κ3) is 2.43. The van der Waals surface area contributed by atoms with E-state index in [9.17, 15) is 4.79 Å². The highest BCUT2D eigenvalue weighted by Gasteiger charge is 1.99. The maximum Gasteiger partial charge on any atom is 0.138 e. The van der Waals surface area contributed by atoms with Crippen LogP contribution in [0.4, 0.5) is 0 Å².